The largest absolute Gasteiger partial charge is 0.381 e. The molecule has 0 heterocycles. The lowest BCUT2D eigenvalue weighted by Gasteiger charge is -2.18. The molecule has 21 heavy (non-hydrogen) atoms. The van der Waals surface area contributed by atoms with Crippen molar-refractivity contribution >= 4 is 17.4 Å². The van der Waals surface area contributed by atoms with E-state index in [0.717, 1.165) is 5.56 Å². The van der Waals surface area contributed by atoms with Crippen molar-refractivity contribution in [1.82, 2.24) is 0 Å². The van der Waals surface area contributed by atoms with E-state index in [1.54, 1.807) is 30.3 Å². The molecule has 0 amide bonds. The van der Waals surface area contributed by atoms with Crippen LogP contribution < -0.4 is 5.32 Å². The maximum Gasteiger partial charge on any atom is 0.288 e. The van der Waals surface area contributed by atoms with E-state index in [2.05, 4.69) is 5.32 Å². The highest BCUT2D eigenvalue weighted by atomic mass is 32.2. The van der Waals surface area contributed by atoms with Crippen molar-refractivity contribution in [3.05, 3.63) is 59.9 Å². The van der Waals surface area contributed by atoms with Crippen LogP contribution in [0.2, 0.25) is 0 Å². The van der Waals surface area contributed by atoms with Crippen molar-refractivity contribution < 1.29 is 13.2 Å². The van der Waals surface area contributed by atoms with Gasteiger partial charge < -0.3 is 5.32 Å². The van der Waals surface area contributed by atoms with Crippen LogP contribution in [-0.2, 0) is 6.42 Å². The Hall–Kier alpha value is -1.62. The number of benzene rings is 2. The third-order valence-corrected chi connectivity index (χ3v) is 3.72. The SMILES string of the molecule is CC(Cc1cccc(F)c1)Nc1ccccc1SC(F)F. The molecule has 5 heteroatoms. The van der Waals surface area contributed by atoms with Gasteiger partial charge in [-0.15, -0.1) is 0 Å². The third kappa shape index (κ3) is 5.01. The van der Waals surface area contributed by atoms with E-state index in [1.807, 2.05) is 13.0 Å². The van der Waals surface area contributed by atoms with Crippen molar-refractivity contribution in [3.63, 3.8) is 0 Å². The van der Waals surface area contributed by atoms with E-state index in [4.69, 9.17) is 0 Å². The molecule has 1 atom stereocenters. The van der Waals surface area contributed by atoms with Crippen LogP contribution in [0.15, 0.2) is 53.4 Å². The van der Waals surface area contributed by atoms with Gasteiger partial charge in [0.05, 0.1) is 0 Å². The molecule has 1 unspecified atom stereocenters. The van der Waals surface area contributed by atoms with Gasteiger partial charge in [-0.1, -0.05) is 36.0 Å². The fourth-order valence-corrected chi connectivity index (χ4v) is 2.72. The normalized spacial score (nSPS) is 12.4. The summed E-state index contributed by atoms with van der Waals surface area (Å²) >= 11 is 0.520. The maximum atomic E-state index is 13.1. The first-order chi connectivity index (χ1) is 10.0. The summed E-state index contributed by atoms with van der Waals surface area (Å²) < 4.78 is 38.2. The quantitative estimate of drug-likeness (QED) is 0.737. The van der Waals surface area contributed by atoms with Gasteiger partial charge in [-0.2, -0.15) is 8.78 Å². The first-order valence-electron chi connectivity index (χ1n) is 6.59. The van der Waals surface area contributed by atoms with Crippen LogP contribution >= 0.6 is 11.8 Å². The van der Waals surface area contributed by atoms with Crippen molar-refractivity contribution in [2.24, 2.45) is 0 Å². The van der Waals surface area contributed by atoms with E-state index in [0.29, 0.717) is 28.8 Å². The summed E-state index contributed by atoms with van der Waals surface area (Å²) in [6.45, 7) is 1.94. The van der Waals surface area contributed by atoms with Crippen LogP contribution in [0.3, 0.4) is 0 Å². The first kappa shape index (κ1) is 15.8. The Balaban J connectivity index is 2.04. The second-order valence-electron chi connectivity index (χ2n) is 4.75. The molecule has 0 radical (unpaired) electrons. The Bertz CT molecular complexity index is 589. The summed E-state index contributed by atoms with van der Waals surface area (Å²) in [6, 6.07) is 13.4. The number of para-hydroxylation sites is 1. The van der Waals surface area contributed by atoms with E-state index in [-0.39, 0.29) is 11.9 Å². The lowest BCUT2D eigenvalue weighted by atomic mass is 10.1. The predicted molar refractivity (Wildman–Crippen MR) is 81.5 cm³/mol. The minimum Gasteiger partial charge on any atom is -0.381 e. The predicted octanol–water partition coefficient (Wildman–Crippen LogP) is 5.18. The summed E-state index contributed by atoms with van der Waals surface area (Å²) in [5.41, 5.74) is 1.54. The van der Waals surface area contributed by atoms with Crippen LogP contribution in [0, 0.1) is 5.82 Å². The van der Waals surface area contributed by atoms with E-state index in [1.165, 1.54) is 12.1 Å². The number of hydrogen-bond donors (Lipinski definition) is 1. The minimum atomic E-state index is -2.45. The zero-order chi connectivity index (χ0) is 15.2. The van der Waals surface area contributed by atoms with Crippen LogP contribution in [-0.4, -0.2) is 11.8 Å². The molecule has 0 spiro atoms. The molecule has 0 saturated carbocycles. The molecule has 112 valence electrons. The lowest BCUT2D eigenvalue weighted by molar-refractivity contribution is 0.252. The van der Waals surface area contributed by atoms with Gasteiger partial charge in [0.1, 0.15) is 5.82 Å². The Morgan fingerprint density at radius 1 is 1.10 bits per heavy atom. The van der Waals surface area contributed by atoms with Crippen LogP contribution in [0.5, 0.6) is 0 Å². The molecule has 2 aromatic carbocycles. The van der Waals surface area contributed by atoms with Crippen molar-refractivity contribution in [2.45, 2.75) is 30.0 Å². The average molecular weight is 311 g/mol. The van der Waals surface area contributed by atoms with Gasteiger partial charge in [0.2, 0.25) is 0 Å². The zero-order valence-electron chi connectivity index (χ0n) is 11.5. The molecule has 0 fully saturated rings. The number of nitrogens with one attached hydrogen (secondary N) is 1. The van der Waals surface area contributed by atoms with Gasteiger partial charge in [0.15, 0.2) is 0 Å². The number of rotatable bonds is 6. The molecule has 0 aliphatic rings. The zero-order valence-corrected chi connectivity index (χ0v) is 12.3. The molecule has 0 aliphatic carbocycles. The molecule has 0 bridgehead atoms. The average Bonchev–Trinajstić information content (AvgIpc) is 2.40. The second kappa shape index (κ2) is 7.41. The van der Waals surface area contributed by atoms with Gasteiger partial charge in [-0.25, -0.2) is 4.39 Å². The number of hydrogen-bond acceptors (Lipinski definition) is 2. The highest BCUT2D eigenvalue weighted by Crippen LogP contribution is 2.32. The highest BCUT2D eigenvalue weighted by Gasteiger charge is 2.11. The topological polar surface area (TPSA) is 12.0 Å². The monoisotopic (exact) mass is 311 g/mol. The Morgan fingerprint density at radius 2 is 1.86 bits per heavy atom. The second-order valence-corrected chi connectivity index (χ2v) is 5.79. The van der Waals surface area contributed by atoms with E-state index in [9.17, 15) is 13.2 Å². The molecule has 0 saturated heterocycles. The van der Waals surface area contributed by atoms with Crippen molar-refractivity contribution in [2.75, 3.05) is 5.32 Å². The number of anilines is 1. The van der Waals surface area contributed by atoms with Crippen molar-refractivity contribution in [3.8, 4) is 0 Å². The van der Waals surface area contributed by atoms with Gasteiger partial charge >= 0.3 is 0 Å². The molecule has 1 nitrogen and oxygen atoms in total. The highest BCUT2D eigenvalue weighted by molar-refractivity contribution is 7.99. The fraction of sp³-hybridized carbons (Fsp3) is 0.250. The molecule has 2 rings (SSSR count). The summed E-state index contributed by atoms with van der Waals surface area (Å²) in [6.07, 6.45) is 0.617. The van der Waals surface area contributed by atoms with Crippen LogP contribution in [0.1, 0.15) is 12.5 Å². The Kier molecular flexibility index (Phi) is 5.56. The molecule has 0 aliphatic heterocycles. The third-order valence-electron chi connectivity index (χ3n) is 2.94. The summed E-state index contributed by atoms with van der Waals surface area (Å²) in [4.78, 5) is 0.513. The number of alkyl halides is 2. The molecule has 2 aromatic rings. The van der Waals surface area contributed by atoms with Crippen LogP contribution in [0.4, 0.5) is 18.9 Å². The Labute approximate surface area is 126 Å². The van der Waals surface area contributed by atoms with E-state index < -0.39 is 5.76 Å². The Morgan fingerprint density at radius 3 is 2.57 bits per heavy atom. The molecular weight excluding hydrogens is 295 g/mol. The lowest BCUT2D eigenvalue weighted by Crippen LogP contribution is -2.18. The summed E-state index contributed by atoms with van der Waals surface area (Å²) in [7, 11) is 0. The van der Waals surface area contributed by atoms with Crippen molar-refractivity contribution in [1.29, 1.82) is 0 Å². The van der Waals surface area contributed by atoms with Gasteiger partial charge in [0.25, 0.3) is 5.76 Å². The van der Waals surface area contributed by atoms with Gasteiger partial charge in [0, 0.05) is 16.6 Å². The first-order valence-corrected chi connectivity index (χ1v) is 7.47. The fourth-order valence-electron chi connectivity index (χ4n) is 2.12. The number of halogens is 3. The van der Waals surface area contributed by atoms with Crippen LogP contribution in [0.25, 0.3) is 0 Å². The summed E-state index contributed by atoms with van der Waals surface area (Å²) in [5.74, 6) is -2.72. The van der Waals surface area contributed by atoms with Gasteiger partial charge in [-0.05, 0) is 43.2 Å². The molecule has 0 aromatic heterocycles. The summed E-state index contributed by atoms with van der Waals surface area (Å²) in [5, 5.41) is 3.21. The molecular formula is C16H16F3NS. The maximum absolute atomic E-state index is 13.1. The minimum absolute atomic E-state index is 0.00576. The van der Waals surface area contributed by atoms with E-state index >= 15 is 0 Å². The van der Waals surface area contributed by atoms with Gasteiger partial charge in [-0.3, -0.25) is 0 Å². The smallest absolute Gasteiger partial charge is 0.288 e. The number of thioether (sulfide) groups is 1. The molecule has 1 N–H and O–H groups in total. The standard InChI is InChI=1S/C16H16F3NS/c1-11(9-12-5-4-6-13(17)10-12)20-14-7-2-3-8-15(14)21-16(18)19/h2-8,10-11,16,20H,9H2,1H3.